The Morgan fingerprint density at radius 3 is 2.69 bits per heavy atom. The molecule has 1 aromatic rings. The molecule has 1 saturated heterocycles. The molecule has 0 bridgehead atoms. The summed E-state index contributed by atoms with van der Waals surface area (Å²) in [5.74, 6) is 1.97. The van der Waals surface area contributed by atoms with Gasteiger partial charge in [-0.1, -0.05) is 0 Å². The number of nitrogens with one attached hydrogen (secondary N) is 1. The third-order valence-electron chi connectivity index (χ3n) is 2.31. The predicted octanol–water partition coefficient (Wildman–Crippen LogP) is 1.64. The second-order valence-corrected chi connectivity index (χ2v) is 3.57. The Labute approximate surface area is 78.1 Å². The van der Waals surface area contributed by atoms with Crippen molar-refractivity contribution in [3.8, 4) is 0 Å². The van der Waals surface area contributed by atoms with Crippen LogP contribution >= 0.6 is 0 Å². The molecule has 0 aliphatic carbocycles. The van der Waals surface area contributed by atoms with Gasteiger partial charge in [-0.15, -0.1) is 0 Å². The summed E-state index contributed by atoms with van der Waals surface area (Å²) in [6, 6.07) is 4.79. The van der Waals surface area contributed by atoms with Crippen molar-refractivity contribution in [3.63, 3.8) is 0 Å². The molecule has 2 rings (SSSR count). The van der Waals surface area contributed by atoms with E-state index in [1.807, 2.05) is 19.1 Å². The van der Waals surface area contributed by atoms with E-state index in [0.29, 0.717) is 6.04 Å². The van der Waals surface area contributed by atoms with Crippen LogP contribution in [0.4, 0.5) is 0 Å². The molecule has 0 amide bonds. The molecule has 13 heavy (non-hydrogen) atoms. The van der Waals surface area contributed by atoms with Crippen molar-refractivity contribution in [2.75, 3.05) is 13.2 Å². The van der Waals surface area contributed by atoms with Gasteiger partial charge in [-0.05, 0) is 26.0 Å². The van der Waals surface area contributed by atoms with Gasteiger partial charge in [-0.3, -0.25) is 0 Å². The highest BCUT2D eigenvalue weighted by atomic mass is 16.5. The van der Waals surface area contributed by atoms with Crippen LogP contribution in [-0.4, -0.2) is 19.3 Å². The SMILES string of the molecule is Cc1ccc(C(C)NC2COC2)o1. The lowest BCUT2D eigenvalue weighted by Gasteiger charge is -2.29. The van der Waals surface area contributed by atoms with E-state index in [-0.39, 0.29) is 6.04 Å². The average Bonchev–Trinajstić information content (AvgIpc) is 2.44. The van der Waals surface area contributed by atoms with Crippen LogP contribution in [0.1, 0.15) is 24.5 Å². The number of hydrogen-bond acceptors (Lipinski definition) is 3. The van der Waals surface area contributed by atoms with Crippen LogP contribution in [0.15, 0.2) is 16.5 Å². The first kappa shape index (κ1) is 8.78. The maximum absolute atomic E-state index is 5.51. The van der Waals surface area contributed by atoms with Gasteiger partial charge >= 0.3 is 0 Å². The summed E-state index contributed by atoms with van der Waals surface area (Å²) in [5.41, 5.74) is 0. The highest BCUT2D eigenvalue weighted by Gasteiger charge is 2.21. The third kappa shape index (κ3) is 1.92. The van der Waals surface area contributed by atoms with Crippen molar-refractivity contribution in [3.05, 3.63) is 23.7 Å². The van der Waals surface area contributed by atoms with E-state index in [4.69, 9.17) is 9.15 Å². The minimum atomic E-state index is 0.280. The Hall–Kier alpha value is -0.800. The predicted molar refractivity (Wildman–Crippen MR) is 49.6 cm³/mol. The number of aryl methyl sites for hydroxylation is 1. The van der Waals surface area contributed by atoms with Crippen molar-refractivity contribution < 1.29 is 9.15 Å². The van der Waals surface area contributed by atoms with E-state index < -0.39 is 0 Å². The van der Waals surface area contributed by atoms with Gasteiger partial charge in [-0.2, -0.15) is 0 Å². The molecule has 1 atom stereocenters. The zero-order chi connectivity index (χ0) is 9.26. The first-order chi connectivity index (χ1) is 6.25. The van der Waals surface area contributed by atoms with Crippen LogP contribution in [0.5, 0.6) is 0 Å². The van der Waals surface area contributed by atoms with Crippen molar-refractivity contribution in [1.29, 1.82) is 0 Å². The minimum Gasteiger partial charge on any atom is -0.465 e. The lowest BCUT2D eigenvalue weighted by Crippen LogP contribution is -2.46. The Morgan fingerprint density at radius 2 is 2.23 bits per heavy atom. The minimum absolute atomic E-state index is 0.280. The van der Waals surface area contributed by atoms with E-state index in [1.165, 1.54) is 0 Å². The Kier molecular flexibility index (Phi) is 2.38. The van der Waals surface area contributed by atoms with Gasteiger partial charge in [0.05, 0.1) is 25.3 Å². The van der Waals surface area contributed by atoms with Crippen LogP contribution < -0.4 is 5.32 Å². The van der Waals surface area contributed by atoms with Crippen LogP contribution in [0, 0.1) is 6.92 Å². The molecule has 1 aliphatic rings. The molecule has 1 unspecified atom stereocenters. The molecule has 3 heteroatoms. The summed E-state index contributed by atoms with van der Waals surface area (Å²) in [6.07, 6.45) is 0. The summed E-state index contributed by atoms with van der Waals surface area (Å²) < 4.78 is 10.6. The zero-order valence-electron chi connectivity index (χ0n) is 8.04. The van der Waals surface area contributed by atoms with E-state index >= 15 is 0 Å². The maximum atomic E-state index is 5.51. The van der Waals surface area contributed by atoms with E-state index in [0.717, 1.165) is 24.7 Å². The molecule has 1 fully saturated rings. The Balaban J connectivity index is 1.92. The summed E-state index contributed by atoms with van der Waals surface area (Å²) in [5, 5.41) is 3.43. The van der Waals surface area contributed by atoms with Gasteiger partial charge in [0.15, 0.2) is 0 Å². The maximum Gasteiger partial charge on any atom is 0.120 e. The second-order valence-electron chi connectivity index (χ2n) is 3.57. The first-order valence-electron chi connectivity index (χ1n) is 4.66. The van der Waals surface area contributed by atoms with E-state index in [9.17, 15) is 0 Å². The van der Waals surface area contributed by atoms with Crippen LogP contribution in [0.3, 0.4) is 0 Å². The molecule has 0 aromatic carbocycles. The van der Waals surface area contributed by atoms with Crippen LogP contribution in [0.25, 0.3) is 0 Å². The zero-order valence-corrected chi connectivity index (χ0v) is 8.04. The fraction of sp³-hybridized carbons (Fsp3) is 0.600. The third-order valence-corrected chi connectivity index (χ3v) is 2.31. The Morgan fingerprint density at radius 1 is 1.46 bits per heavy atom. The summed E-state index contributed by atoms with van der Waals surface area (Å²) in [7, 11) is 0. The largest absolute Gasteiger partial charge is 0.465 e. The fourth-order valence-corrected chi connectivity index (χ4v) is 1.45. The molecule has 1 aromatic heterocycles. The van der Waals surface area contributed by atoms with Gasteiger partial charge < -0.3 is 14.5 Å². The normalized spacial score (nSPS) is 19.8. The summed E-state index contributed by atoms with van der Waals surface area (Å²) in [6.45, 7) is 5.72. The van der Waals surface area contributed by atoms with Crippen molar-refractivity contribution in [1.82, 2.24) is 5.32 Å². The fourth-order valence-electron chi connectivity index (χ4n) is 1.45. The summed E-state index contributed by atoms with van der Waals surface area (Å²) in [4.78, 5) is 0. The Bertz CT molecular complexity index is 278. The molecule has 0 radical (unpaired) electrons. The first-order valence-corrected chi connectivity index (χ1v) is 4.66. The highest BCUT2D eigenvalue weighted by Crippen LogP contribution is 2.17. The lowest BCUT2D eigenvalue weighted by atomic mass is 10.2. The quantitative estimate of drug-likeness (QED) is 0.769. The number of hydrogen-bond donors (Lipinski definition) is 1. The molecule has 2 heterocycles. The van der Waals surface area contributed by atoms with Crippen molar-refractivity contribution >= 4 is 0 Å². The topological polar surface area (TPSA) is 34.4 Å². The summed E-state index contributed by atoms with van der Waals surface area (Å²) >= 11 is 0. The molecule has 1 N–H and O–H groups in total. The lowest BCUT2D eigenvalue weighted by molar-refractivity contribution is -0.0102. The molecule has 1 aliphatic heterocycles. The standard InChI is InChI=1S/C10H15NO2/c1-7-3-4-10(13-7)8(2)11-9-5-12-6-9/h3-4,8-9,11H,5-6H2,1-2H3. The van der Waals surface area contributed by atoms with Gasteiger partial charge in [-0.25, -0.2) is 0 Å². The molecule has 3 nitrogen and oxygen atoms in total. The van der Waals surface area contributed by atoms with Gasteiger partial charge in [0.25, 0.3) is 0 Å². The van der Waals surface area contributed by atoms with Crippen molar-refractivity contribution in [2.24, 2.45) is 0 Å². The van der Waals surface area contributed by atoms with Gasteiger partial charge in [0.2, 0.25) is 0 Å². The average molecular weight is 181 g/mol. The monoisotopic (exact) mass is 181 g/mol. The van der Waals surface area contributed by atoms with E-state index in [1.54, 1.807) is 0 Å². The number of furan rings is 1. The smallest absolute Gasteiger partial charge is 0.120 e. The number of ether oxygens (including phenoxy) is 1. The van der Waals surface area contributed by atoms with Gasteiger partial charge in [0.1, 0.15) is 11.5 Å². The second kappa shape index (κ2) is 3.52. The molecule has 0 spiro atoms. The van der Waals surface area contributed by atoms with Gasteiger partial charge in [0, 0.05) is 0 Å². The highest BCUT2D eigenvalue weighted by molar-refractivity contribution is 5.09. The molecule has 72 valence electrons. The number of rotatable bonds is 3. The molecule has 0 saturated carbocycles. The molecular weight excluding hydrogens is 166 g/mol. The van der Waals surface area contributed by atoms with Crippen molar-refractivity contribution in [2.45, 2.75) is 25.9 Å². The van der Waals surface area contributed by atoms with Crippen LogP contribution in [-0.2, 0) is 4.74 Å². The van der Waals surface area contributed by atoms with Crippen LogP contribution in [0.2, 0.25) is 0 Å². The van der Waals surface area contributed by atoms with E-state index in [2.05, 4.69) is 12.2 Å². The molecular formula is C10H15NO2.